The van der Waals surface area contributed by atoms with E-state index < -0.39 is 11.5 Å². The van der Waals surface area contributed by atoms with Crippen molar-refractivity contribution in [3.8, 4) is 22.4 Å². The molecule has 2 aromatic carbocycles. The highest BCUT2D eigenvalue weighted by Gasteiger charge is 2.33. The zero-order valence-corrected chi connectivity index (χ0v) is 18.9. The van der Waals surface area contributed by atoms with Crippen molar-refractivity contribution < 1.29 is 14.3 Å². The Kier molecular flexibility index (Phi) is 6.68. The number of hydrogen-bond donors (Lipinski definition) is 0. The van der Waals surface area contributed by atoms with Crippen molar-refractivity contribution in [2.45, 2.75) is 26.3 Å². The molecule has 0 aliphatic carbocycles. The third-order valence-electron chi connectivity index (χ3n) is 6.02. The average molecular weight is 446 g/mol. The summed E-state index contributed by atoms with van der Waals surface area (Å²) >= 11 is 0. The van der Waals surface area contributed by atoms with Gasteiger partial charge in [0.05, 0.1) is 18.7 Å². The molecule has 0 saturated carbocycles. The number of amides is 1. The molecule has 7 nitrogen and oxygen atoms in total. The summed E-state index contributed by atoms with van der Waals surface area (Å²) in [6, 6.07) is 18.9. The molecular weight excluding hydrogens is 418 g/mol. The molecule has 1 fully saturated rings. The first-order valence-corrected chi connectivity index (χ1v) is 11.2. The van der Waals surface area contributed by atoms with Gasteiger partial charge in [0.1, 0.15) is 5.56 Å². The summed E-state index contributed by atoms with van der Waals surface area (Å²) in [4.78, 5) is 41.1. The van der Waals surface area contributed by atoms with Gasteiger partial charge in [-0.2, -0.15) is 5.10 Å². The lowest BCUT2D eigenvalue weighted by molar-refractivity contribution is -0.146. The molecule has 1 aromatic heterocycles. The van der Waals surface area contributed by atoms with Crippen LogP contribution in [0.1, 0.15) is 30.1 Å². The van der Waals surface area contributed by atoms with Crippen molar-refractivity contribution >= 4 is 11.9 Å². The molecule has 1 atom stereocenters. The predicted octanol–water partition coefficient (Wildman–Crippen LogP) is 3.62. The van der Waals surface area contributed by atoms with E-state index in [4.69, 9.17) is 4.74 Å². The van der Waals surface area contributed by atoms with Crippen LogP contribution in [0.15, 0.2) is 65.5 Å². The first-order valence-electron chi connectivity index (χ1n) is 11.2. The van der Waals surface area contributed by atoms with E-state index in [1.807, 2.05) is 67.6 Å². The number of nitrogens with zero attached hydrogens (tertiary/aromatic N) is 3. The van der Waals surface area contributed by atoms with Gasteiger partial charge in [-0.15, -0.1) is 0 Å². The molecule has 2 heterocycles. The number of methoxy groups -OCH3 is 1. The lowest BCUT2D eigenvalue weighted by atomic mass is 9.93. The van der Waals surface area contributed by atoms with Crippen LogP contribution in [-0.4, -0.2) is 46.8 Å². The molecule has 1 unspecified atom stereocenters. The van der Waals surface area contributed by atoms with Crippen LogP contribution in [0.4, 0.5) is 0 Å². The molecule has 7 heteroatoms. The summed E-state index contributed by atoms with van der Waals surface area (Å²) < 4.78 is 6.24. The molecule has 1 saturated heterocycles. The van der Waals surface area contributed by atoms with Crippen molar-refractivity contribution in [3.05, 3.63) is 76.6 Å². The first kappa shape index (κ1) is 22.5. The van der Waals surface area contributed by atoms with Gasteiger partial charge in [-0.3, -0.25) is 14.4 Å². The lowest BCUT2D eigenvalue weighted by Crippen LogP contribution is -2.45. The summed E-state index contributed by atoms with van der Waals surface area (Å²) in [5, 5.41) is 4.64. The van der Waals surface area contributed by atoms with Crippen molar-refractivity contribution in [2.75, 3.05) is 20.2 Å². The number of carbonyl (C=O) groups excluding carboxylic acids is 2. The van der Waals surface area contributed by atoms with E-state index >= 15 is 0 Å². The Balaban J connectivity index is 1.92. The summed E-state index contributed by atoms with van der Waals surface area (Å²) in [6.07, 6.45) is 1.33. The number of carbonyl (C=O) groups is 2. The van der Waals surface area contributed by atoms with Gasteiger partial charge in [0.2, 0.25) is 0 Å². The molecule has 4 rings (SSSR count). The molecule has 170 valence electrons. The maximum absolute atomic E-state index is 13.9. The Morgan fingerprint density at radius 3 is 2.27 bits per heavy atom. The van der Waals surface area contributed by atoms with Gasteiger partial charge in [0.25, 0.3) is 11.5 Å². The van der Waals surface area contributed by atoms with E-state index in [1.54, 1.807) is 4.90 Å². The minimum absolute atomic E-state index is 0.0856. The third-order valence-corrected chi connectivity index (χ3v) is 6.02. The quantitative estimate of drug-likeness (QED) is 0.561. The predicted molar refractivity (Wildman–Crippen MR) is 126 cm³/mol. The maximum atomic E-state index is 13.9. The minimum Gasteiger partial charge on any atom is -0.469 e. The van der Waals surface area contributed by atoms with E-state index in [1.165, 1.54) is 11.8 Å². The highest BCUT2D eigenvalue weighted by molar-refractivity contribution is 6.03. The fourth-order valence-electron chi connectivity index (χ4n) is 4.35. The van der Waals surface area contributed by atoms with Crippen molar-refractivity contribution in [1.82, 2.24) is 14.7 Å². The molecule has 0 spiro atoms. The average Bonchev–Trinajstić information content (AvgIpc) is 2.88. The number of rotatable bonds is 5. The van der Waals surface area contributed by atoms with Crippen LogP contribution in [0.5, 0.6) is 0 Å². The van der Waals surface area contributed by atoms with Crippen LogP contribution < -0.4 is 5.56 Å². The van der Waals surface area contributed by atoms with Gasteiger partial charge < -0.3 is 9.64 Å². The zero-order valence-electron chi connectivity index (χ0n) is 18.9. The lowest BCUT2D eigenvalue weighted by Gasteiger charge is -2.32. The van der Waals surface area contributed by atoms with Crippen LogP contribution in [-0.2, 0) is 16.1 Å². The number of aromatic nitrogens is 2. The molecule has 1 aliphatic rings. The van der Waals surface area contributed by atoms with Crippen LogP contribution >= 0.6 is 0 Å². The second kappa shape index (κ2) is 9.81. The summed E-state index contributed by atoms with van der Waals surface area (Å²) in [7, 11) is 1.35. The highest BCUT2D eigenvalue weighted by Crippen LogP contribution is 2.33. The number of hydrogen-bond acceptors (Lipinski definition) is 5. The highest BCUT2D eigenvalue weighted by atomic mass is 16.5. The Hall–Kier alpha value is -3.74. The van der Waals surface area contributed by atoms with E-state index in [9.17, 15) is 14.4 Å². The molecule has 1 aliphatic heterocycles. The number of ether oxygens (including phenoxy) is 1. The Labute approximate surface area is 192 Å². The normalized spacial score (nSPS) is 15.8. The van der Waals surface area contributed by atoms with E-state index in [0.29, 0.717) is 37.2 Å². The van der Waals surface area contributed by atoms with Gasteiger partial charge in [-0.25, -0.2) is 4.68 Å². The number of aryl methyl sites for hydroxylation is 1. The van der Waals surface area contributed by atoms with Gasteiger partial charge in [-0.1, -0.05) is 60.7 Å². The van der Waals surface area contributed by atoms with Gasteiger partial charge in [0, 0.05) is 30.8 Å². The SMILES string of the molecule is CCn1nc(-c2ccccc2)c(-c2ccccc2)c(C(=O)N2CCCC(C(=O)OC)C2)c1=O. The summed E-state index contributed by atoms with van der Waals surface area (Å²) in [5.74, 6) is -1.10. The molecular formula is C26H27N3O4. The second-order valence-electron chi connectivity index (χ2n) is 8.07. The van der Waals surface area contributed by atoms with Crippen LogP contribution in [0.3, 0.4) is 0 Å². The molecule has 0 radical (unpaired) electrons. The topological polar surface area (TPSA) is 81.5 Å². The summed E-state index contributed by atoms with van der Waals surface area (Å²) in [6.45, 7) is 2.87. The Morgan fingerprint density at radius 2 is 1.67 bits per heavy atom. The Morgan fingerprint density at radius 1 is 1.03 bits per heavy atom. The standard InChI is InChI=1S/C26H27N3O4/c1-3-29-25(31)22(24(30)28-16-10-15-20(17-28)26(32)33-2)21(18-11-6-4-7-12-18)23(27-29)19-13-8-5-9-14-19/h4-9,11-14,20H,3,10,15-17H2,1-2H3. The Bertz CT molecular complexity index is 1210. The molecule has 0 bridgehead atoms. The third kappa shape index (κ3) is 4.44. The number of piperidine rings is 1. The van der Waals surface area contributed by atoms with Crippen LogP contribution in [0.2, 0.25) is 0 Å². The van der Waals surface area contributed by atoms with Gasteiger partial charge >= 0.3 is 5.97 Å². The van der Waals surface area contributed by atoms with E-state index in [2.05, 4.69) is 5.10 Å². The van der Waals surface area contributed by atoms with Crippen LogP contribution in [0.25, 0.3) is 22.4 Å². The van der Waals surface area contributed by atoms with E-state index in [0.717, 1.165) is 11.1 Å². The molecule has 0 N–H and O–H groups in total. The van der Waals surface area contributed by atoms with Gasteiger partial charge in [0.15, 0.2) is 0 Å². The maximum Gasteiger partial charge on any atom is 0.310 e. The number of benzene rings is 2. The minimum atomic E-state index is -0.429. The van der Waals surface area contributed by atoms with Crippen molar-refractivity contribution in [1.29, 1.82) is 0 Å². The van der Waals surface area contributed by atoms with Crippen molar-refractivity contribution in [3.63, 3.8) is 0 Å². The second-order valence-corrected chi connectivity index (χ2v) is 8.07. The first-order chi connectivity index (χ1) is 16.0. The molecule has 1 amide bonds. The van der Waals surface area contributed by atoms with Crippen LogP contribution in [0, 0.1) is 5.92 Å². The number of esters is 1. The fraction of sp³-hybridized carbons (Fsp3) is 0.308. The van der Waals surface area contributed by atoms with E-state index in [-0.39, 0.29) is 24.0 Å². The fourth-order valence-corrected chi connectivity index (χ4v) is 4.35. The molecule has 33 heavy (non-hydrogen) atoms. The van der Waals surface area contributed by atoms with Gasteiger partial charge in [-0.05, 0) is 25.3 Å². The molecule has 3 aromatic rings. The monoisotopic (exact) mass is 445 g/mol. The number of likely N-dealkylation sites (tertiary alicyclic amines) is 1. The smallest absolute Gasteiger partial charge is 0.310 e. The zero-order chi connectivity index (χ0) is 23.4. The van der Waals surface area contributed by atoms with Crippen molar-refractivity contribution in [2.24, 2.45) is 5.92 Å². The largest absolute Gasteiger partial charge is 0.469 e. The summed E-state index contributed by atoms with van der Waals surface area (Å²) in [5.41, 5.74) is 2.31.